The number of guanidine groups is 1. The summed E-state index contributed by atoms with van der Waals surface area (Å²) >= 11 is 0. The molecule has 1 aliphatic rings. The van der Waals surface area contributed by atoms with Gasteiger partial charge in [-0.1, -0.05) is 64.4 Å². The Balaban J connectivity index is 1.69. The number of aliphatic imine (C=N–C) groups is 1. The summed E-state index contributed by atoms with van der Waals surface area (Å²) in [5.41, 5.74) is 30.2. The highest BCUT2D eigenvalue weighted by molar-refractivity contribution is 6.00. The molecular formula is C66H101N17O16. The number of aliphatic carboxylic acids is 2. The number of fused-ring (bicyclic) bond motifs is 1. The predicted octanol–water partition coefficient (Wildman–Crippen LogP) is -1.74. The Morgan fingerprint density at radius 2 is 1.02 bits per heavy atom. The van der Waals surface area contributed by atoms with Crippen LogP contribution in [-0.2, 0) is 75.2 Å². The van der Waals surface area contributed by atoms with E-state index in [2.05, 4.69) is 57.8 Å². The number of hydrogen-bond donors (Lipinski definition) is 18. The first-order chi connectivity index (χ1) is 47.0. The predicted molar refractivity (Wildman–Crippen MR) is 365 cm³/mol. The average Bonchev–Trinajstić information content (AvgIpc) is 1.65. The number of aromatic hydroxyl groups is 1. The molecule has 99 heavy (non-hydrogen) atoms. The molecule has 546 valence electrons. The monoisotopic (exact) mass is 1390 g/mol. The van der Waals surface area contributed by atoms with E-state index in [4.69, 9.17) is 28.7 Å². The fraction of sp³-hybridized carbons (Fsp3) is 0.576. The Hall–Kier alpha value is -9.92. The number of aromatic amines is 1. The highest BCUT2D eigenvalue weighted by Gasteiger charge is 2.39. The van der Waals surface area contributed by atoms with Gasteiger partial charge in [-0.3, -0.25) is 67.3 Å². The van der Waals surface area contributed by atoms with Crippen molar-refractivity contribution in [1.82, 2.24) is 57.7 Å². The number of nitrogens with two attached hydrogens (primary N) is 5. The van der Waals surface area contributed by atoms with Crippen LogP contribution in [0.2, 0.25) is 0 Å². The lowest BCUT2D eigenvalue weighted by molar-refractivity contribution is -0.140. The Kier molecular flexibility index (Phi) is 34.1. The summed E-state index contributed by atoms with van der Waals surface area (Å²) in [7, 11) is 0. The van der Waals surface area contributed by atoms with Crippen LogP contribution in [0.1, 0.15) is 142 Å². The number of hydrogen-bond acceptors (Lipinski definition) is 17. The number of amides is 11. The van der Waals surface area contributed by atoms with Crippen molar-refractivity contribution in [2.45, 2.75) is 204 Å². The lowest BCUT2D eigenvalue weighted by atomic mass is 9.97. The van der Waals surface area contributed by atoms with Crippen molar-refractivity contribution < 1.29 is 77.6 Å². The number of unbranched alkanes of at least 4 members (excludes halogenated alkanes) is 2. The van der Waals surface area contributed by atoms with Crippen LogP contribution < -0.4 is 76.5 Å². The summed E-state index contributed by atoms with van der Waals surface area (Å²) < 4.78 is 0. The maximum Gasteiger partial charge on any atom is 0.303 e. The minimum Gasteiger partial charge on any atom is -0.508 e. The lowest BCUT2D eigenvalue weighted by Gasteiger charge is -2.29. The summed E-state index contributed by atoms with van der Waals surface area (Å²) in [6.07, 6.45) is 1.38. The number of carboxylic acids is 2. The number of para-hydroxylation sites is 1. The van der Waals surface area contributed by atoms with E-state index in [0.717, 1.165) is 0 Å². The van der Waals surface area contributed by atoms with Crippen molar-refractivity contribution in [1.29, 1.82) is 0 Å². The molecule has 33 nitrogen and oxygen atoms in total. The third kappa shape index (κ3) is 27.1. The number of carboxylic acid groups (broad SMARTS) is 2. The summed E-state index contributed by atoms with van der Waals surface area (Å²) in [6, 6.07) is -1.31. The SMILES string of the molecule is CC[C@H](C)[C@H](NC(=O)[C@H](Cc1ccc(O)cc1)NC(=O)[C@H](CCC(=O)O)NC(=O)[C@H](CCCN=C(N)N)NC(=O)[C@@H](NC(=O)[C@H](Cc1c[nH]c2ccccc12)NC(=O)[C@H](CCCCN)NC(=O)[C@H](CCCCN)NC(=O)[C@H](CCC(=O)O)NC(=O)[C@@H]1CCCN1C(C)=O)C(C)C)C(N)=O. The standard InChI is InChI=1S/C66H101N17O16/c1-6-37(4)55(56(69)90)82-62(96)49(33-39-21-23-41(85)24-22-39)79-61(95)47(25-27-52(86)87)76-58(92)46(19-13-31-72-66(70)71)78-65(99)54(36(2)3)81-63(97)50(34-40-35-73-43-16-8-7-15-42(40)43)80-59(93)45(18-10-12-30-68)74-57(91)44(17-9-11-29-67)75-60(94)48(26-28-53(88)89)77-64(98)51-20-14-32-83(51)38(5)84/h7-8,15-16,21-24,35-37,44-51,54-55,73,85H,6,9-14,17-20,25-34,67-68H2,1-5H3,(H2,69,90)(H,74,91)(H,75,94)(H,76,92)(H,77,98)(H,78,99)(H,79,95)(H,80,93)(H,81,97)(H,82,96)(H,86,87)(H,88,89)(H4,70,71,72)/t37-,44-,45-,46-,47-,48-,49-,50-,51-,54-,55-/m0/s1. The smallest absolute Gasteiger partial charge is 0.303 e. The second kappa shape index (κ2) is 41.4. The third-order valence-corrected chi connectivity index (χ3v) is 17.1. The van der Waals surface area contributed by atoms with E-state index in [1.54, 1.807) is 58.2 Å². The molecule has 1 aromatic heterocycles. The van der Waals surface area contributed by atoms with Crippen LogP contribution >= 0.6 is 0 Å². The molecule has 1 aliphatic heterocycles. The van der Waals surface area contributed by atoms with E-state index in [-0.39, 0.29) is 88.6 Å². The quantitative estimate of drug-likeness (QED) is 0.0170. The fourth-order valence-electron chi connectivity index (χ4n) is 11.3. The van der Waals surface area contributed by atoms with Gasteiger partial charge in [0.2, 0.25) is 65.0 Å². The first kappa shape index (κ1) is 81.5. The fourth-order valence-corrected chi connectivity index (χ4v) is 11.3. The molecule has 33 heteroatoms. The summed E-state index contributed by atoms with van der Waals surface area (Å²) in [4.78, 5) is 187. The van der Waals surface area contributed by atoms with Gasteiger partial charge >= 0.3 is 11.9 Å². The molecule has 4 rings (SSSR count). The Bertz CT molecular complexity index is 3290. The minimum atomic E-state index is -1.69. The van der Waals surface area contributed by atoms with Gasteiger partial charge in [-0.05, 0) is 131 Å². The molecule has 11 atom stereocenters. The van der Waals surface area contributed by atoms with Gasteiger partial charge in [0.15, 0.2) is 5.96 Å². The van der Waals surface area contributed by atoms with E-state index in [1.807, 2.05) is 0 Å². The maximum atomic E-state index is 15.0. The molecule has 2 aromatic carbocycles. The molecule has 0 spiro atoms. The Morgan fingerprint density at radius 3 is 1.49 bits per heavy atom. The van der Waals surface area contributed by atoms with E-state index in [9.17, 15) is 72.9 Å². The van der Waals surface area contributed by atoms with Crippen LogP contribution in [0.15, 0.2) is 59.7 Å². The topological polar surface area (TPSA) is 552 Å². The zero-order valence-corrected chi connectivity index (χ0v) is 56.9. The molecule has 1 saturated heterocycles. The number of carbonyl (C=O) groups excluding carboxylic acids is 11. The first-order valence-corrected chi connectivity index (χ1v) is 33.5. The molecular weight excluding hydrogens is 1290 g/mol. The van der Waals surface area contributed by atoms with Crippen molar-refractivity contribution in [3.8, 4) is 5.75 Å². The zero-order valence-electron chi connectivity index (χ0n) is 56.9. The van der Waals surface area contributed by atoms with Crippen LogP contribution in [0.4, 0.5) is 0 Å². The molecule has 0 saturated carbocycles. The number of phenols is 1. The first-order valence-electron chi connectivity index (χ1n) is 33.5. The second-order valence-electron chi connectivity index (χ2n) is 25.1. The Morgan fingerprint density at radius 1 is 0.566 bits per heavy atom. The molecule has 0 radical (unpaired) electrons. The van der Waals surface area contributed by atoms with Crippen LogP contribution in [0.5, 0.6) is 5.75 Å². The van der Waals surface area contributed by atoms with Crippen molar-refractivity contribution in [3.05, 3.63) is 65.9 Å². The summed E-state index contributed by atoms with van der Waals surface area (Å²) in [5.74, 6) is -13.5. The number of benzene rings is 2. The number of nitrogens with one attached hydrogen (secondary N) is 10. The van der Waals surface area contributed by atoms with Crippen LogP contribution in [-0.4, -0.2) is 195 Å². The van der Waals surface area contributed by atoms with E-state index >= 15 is 4.79 Å². The van der Waals surface area contributed by atoms with Gasteiger partial charge in [0, 0.05) is 62.8 Å². The summed E-state index contributed by atoms with van der Waals surface area (Å²) in [5, 5.41) is 53.8. The molecule has 3 aromatic rings. The molecule has 11 amide bonds. The van der Waals surface area contributed by atoms with E-state index < -0.39 is 163 Å². The number of rotatable bonds is 44. The van der Waals surface area contributed by atoms with Gasteiger partial charge in [-0.15, -0.1) is 0 Å². The van der Waals surface area contributed by atoms with Crippen molar-refractivity contribution >= 4 is 93.8 Å². The number of aromatic nitrogens is 1. The van der Waals surface area contributed by atoms with Crippen molar-refractivity contribution in [3.63, 3.8) is 0 Å². The number of carbonyl (C=O) groups is 13. The highest BCUT2D eigenvalue weighted by Crippen LogP contribution is 2.22. The van der Waals surface area contributed by atoms with Crippen LogP contribution in [0.25, 0.3) is 10.9 Å². The van der Waals surface area contributed by atoms with Gasteiger partial charge in [0.1, 0.15) is 66.2 Å². The minimum absolute atomic E-state index is 0.0285. The molecule has 2 heterocycles. The van der Waals surface area contributed by atoms with Crippen molar-refractivity contribution in [2.24, 2.45) is 45.5 Å². The van der Waals surface area contributed by atoms with E-state index in [0.29, 0.717) is 67.1 Å². The van der Waals surface area contributed by atoms with Gasteiger partial charge in [0.25, 0.3) is 0 Å². The second-order valence-corrected chi connectivity index (χ2v) is 25.1. The normalized spacial score (nSPS) is 15.8. The maximum absolute atomic E-state index is 15.0. The Labute approximate surface area is 574 Å². The van der Waals surface area contributed by atoms with Gasteiger partial charge in [0.05, 0.1) is 0 Å². The van der Waals surface area contributed by atoms with Gasteiger partial charge in [-0.25, -0.2) is 0 Å². The molecule has 0 bridgehead atoms. The average molecular weight is 1390 g/mol. The lowest BCUT2D eigenvalue weighted by Crippen LogP contribution is -2.61. The molecule has 0 unspecified atom stereocenters. The highest BCUT2D eigenvalue weighted by atomic mass is 16.4. The number of phenolic OH excluding ortho intramolecular Hbond substituents is 1. The molecule has 0 aliphatic carbocycles. The molecule has 1 fully saturated rings. The van der Waals surface area contributed by atoms with Gasteiger partial charge in [-0.2, -0.15) is 0 Å². The van der Waals surface area contributed by atoms with E-state index in [1.165, 1.54) is 36.1 Å². The van der Waals surface area contributed by atoms with Crippen LogP contribution in [0, 0.1) is 11.8 Å². The molecule has 23 N–H and O–H groups in total. The summed E-state index contributed by atoms with van der Waals surface area (Å²) in [6.45, 7) is 8.57. The number of likely N-dealkylation sites (tertiary alicyclic amines) is 1. The number of H-pyrrole nitrogens is 1. The van der Waals surface area contributed by atoms with Crippen molar-refractivity contribution in [2.75, 3.05) is 26.2 Å². The number of primary amides is 1. The van der Waals surface area contributed by atoms with Gasteiger partial charge < -0.3 is 102 Å². The van der Waals surface area contributed by atoms with Crippen LogP contribution in [0.3, 0.4) is 0 Å². The largest absolute Gasteiger partial charge is 0.508 e. The zero-order chi connectivity index (χ0) is 73.5. The number of nitrogens with zero attached hydrogens (tertiary/aromatic N) is 2. The third-order valence-electron chi connectivity index (χ3n) is 17.1.